The molecular formula is C30H44FN3O6. The van der Waals surface area contributed by atoms with Gasteiger partial charge < -0.3 is 28.6 Å². The number of hydrogen-bond acceptors (Lipinski definition) is 7. The van der Waals surface area contributed by atoms with Crippen molar-refractivity contribution in [3.63, 3.8) is 0 Å². The fourth-order valence-corrected chi connectivity index (χ4v) is 4.01. The van der Waals surface area contributed by atoms with Crippen LogP contribution in [0.3, 0.4) is 0 Å². The Bertz CT molecular complexity index is 1220. The number of nitrogens with zero attached hydrogens (tertiary/aromatic N) is 3. The summed E-state index contributed by atoms with van der Waals surface area (Å²) in [7, 11) is 4.23. The second kappa shape index (κ2) is 17.4. The Labute approximate surface area is 236 Å². The second-order valence-corrected chi connectivity index (χ2v) is 8.84. The molecule has 0 unspecified atom stereocenters. The van der Waals surface area contributed by atoms with E-state index in [9.17, 15) is 14.0 Å². The number of fused-ring (bicyclic) bond motifs is 1. The van der Waals surface area contributed by atoms with Crippen molar-refractivity contribution in [2.45, 2.75) is 60.7 Å². The lowest BCUT2D eigenvalue weighted by molar-refractivity contribution is -0.114. The molecule has 2 aromatic heterocycles. The minimum absolute atomic E-state index is 0.0200. The number of carbonyl (C=O) groups is 2. The van der Waals surface area contributed by atoms with Gasteiger partial charge in [-0.2, -0.15) is 0 Å². The van der Waals surface area contributed by atoms with E-state index in [1.54, 1.807) is 6.07 Å². The maximum Gasteiger partial charge on any atom is 0.409 e. The molecule has 0 aliphatic carbocycles. The first-order valence-electron chi connectivity index (χ1n) is 13.4. The molecule has 0 aliphatic heterocycles. The predicted octanol–water partition coefficient (Wildman–Crippen LogP) is 5.74. The third kappa shape index (κ3) is 9.11. The molecule has 2 heterocycles. The Hall–Kier alpha value is -3.34. The molecule has 1 N–H and O–H groups in total. The van der Waals surface area contributed by atoms with Gasteiger partial charge in [0.15, 0.2) is 12.1 Å². The van der Waals surface area contributed by atoms with Crippen molar-refractivity contribution in [2.24, 2.45) is 0 Å². The molecule has 0 saturated heterocycles. The van der Waals surface area contributed by atoms with Gasteiger partial charge in [0, 0.05) is 50.2 Å². The average molecular weight is 562 g/mol. The van der Waals surface area contributed by atoms with Gasteiger partial charge in [-0.3, -0.25) is 4.79 Å². The zero-order chi connectivity index (χ0) is 30.4. The molecule has 1 aromatic carbocycles. The molecule has 222 valence electrons. The highest BCUT2D eigenvalue weighted by Gasteiger charge is 2.20. The molecule has 0 fully saturated rings. The number of ether oxygens (including phenoxy) is 3. The van der Waals surface area contributed by atoms with Crippen LogP contribution in [0.5, 0.6) is 0 Å². The van der Waals surface area contributed by atoms with Gasteiger partial charge >= 0.3 is 6.09 Å². The number of Topliss-reactive ketones (excluding diaryl/α,β-unsaturated/α-hetero) is 1. The number of benzene rings is 1. The quantitative estimate of drug-likeness (QED) is 0.249. The Morgan fingerprint density at radius 2 is 1.75 bits per heavy atom. The normalized spacial score (nSPS) is 10.5. The van der Waals surface area contributed by atoms with Crippen LogP contribution < -0.4 is 0 Å². The summed E-state index contributed by atoms with van der Waals surface area (Å²) in [5.74, 6) is -0.411. The summed E-state index contributed by atoms with van der Waals surface area (Å²) >= 11 is 0. The topological polar surface area (TPSA) is 103 Å². The van der Waals surface area contributed by atoms with E-state index in [1.807, 2.05) is 64.3 Å². The van der Waals surface area contributed by atoms with Crippen LogP contribution in [0.4, 0.5) is 9.18 Å². The monoisotopic (exact) mass is 561 g/mol. The molecule has 0 saturated carbocycles. The minimum atomic E-state index is -0.516. The number of amides is 1. The standard InChI is InChI=1S/C20H21FN2O.C8H17NO5.C2H6/c1-5-6-17(24)15-10-13(3)19(16(21)11-15)20-14(4)23-8-7-12(2)9-18(23)22-20;1-12-7(13-2)6-9(4-5-10)8(11)14-3;1-2/h7-11H,5-6H2,1-4H3;7,10H,4-6H2,1-3H3;1-2H3. The van der Waals surface area contributed by atoms with E-state index >= 15 is 0 Å². The lowest BCUT2D eigenvalue weighted by Gasteiger charge is -2.24. The Morgan fingerprint density at radius 1 is 1.10 bits per heavy atom. The van der Waals surface area contributed by atoms with Gasteiger partial charge in [-0.15, -0.1) is 0 Å². The molecular weight excluding hydrogens is 517 g/mol. The number of hydrogen-bond donors (Lipinski definition) is 1. The first-order chi connectivity index (χ1) is 19.1. The molecule has 10 heteroatoms. The highest BCUT2D eigenvalue weighted by Crippen LogP contribution is 2.31. The molecule has 0 bridgehead atoms. The fraction of sp³-hybridized carbons (Fsp3) is 0.500. The largest absolute Gasteiger partial charge is 0.453 e. The van der Waals surface area contributed by atoms with Crippen LogP contribution >= 0.6 is 0 Å². The minimum Gasteiger partial charge on any atom is -0.453 e. The van der Waals surface area contributed by atoms with Crippen LogP contribution in [-0.2, 0) is 14.2 Å². The van der Waals surface area contributed by atoms with Gasteiger partial charge in [-0.1, -0.05) is 20.8 Å². The lowest BCUT2D eigenvalue weighted by Crippen LogP contribution is -2.40. The molecule has 40 heavy (non-hydrogen) atoms. The number of aryl methyl sites for hydroxylation is 3. The zero-order valence-electron chi connectivity index (χ0n) is 25.2. The highest BCUT2D eigenvalue weighted by molar-refractivity contribution is 5.97. The number of methoxy groups -OCH3 is 3. The van der Waals surface area contributed by atoms with Gasteiger partial charge in [0.05, 0.1) is 26.0 Å². The molecule has 0 atom stereocenters. The van der Waals surface area contributed by atoms with Crippen molar-refractivity contribution in [1.82, 2.24) is 14.3 Å². The van der Waals surface area contributed by atoms with E-state index in [0.29, 0.717) is 23.2 Å². The lowest BCUT2D eigenvalue weighted by atomic mass is 9.97. The number of carbonyl (C=O) groups excluding carboxylic acids is 2. The van der Waals surface area contributed by atoms with Gasteiger partial charge in [-0.25, -0.2) is 14.2 Å². The smallest absolute Gasteiger partial charge is 0.409 e. The van der Waals surface area contributed by atoms with Crippen molar-refractivity contribution >= 4 is 17.5 Å². The van der Waals surface area contributed by atoms with Crippen LogP contribution in [0.1, 0.15) is 60.8 Å². The summed E-state index contributed by atoms with van der Waals surface area (Å²) in [5, 5.41) is 8.71. The third-order valence-electron chi connectivity index (χ3n) is 6.04. The molecule has 3 rings (SSSR count). The maximum atomic E-state index is 14.8. The van der Waals surface area contributed by atoms with Crippen molar-refractivity contribution in [3.05, 3.63) is 58.7 Å². The molecule has 9 nitrogen and oxygen atoms in total. The Balaban J connectivity index is 0.000000430. The highest BCUT2D eigenvalue weighted by atomic mass is 19.1. The average Bonchev–Trinajstić information content (AvgIpc) is 3.26. The first kappa shape index (κ1) is 34.7. The number of aromatic nitrogens is 2. The second-order valence-electron chi connectivity index (χ2n) is 8.84. The molecule has 1 amide bonds. The van der Waals surface area contributed by atoms with Crippen molar-refractivity contribution < 1.29 is 33.3 Å². The van der Waals surface area contributed by atoms with Crippen LogP contribution in [-0.4, -0.2) is 78.6 Å². The maximum absolute atomic E-state index is 14.8. The molecule has 0 aliphatic rings. The predicted molar refractivity (Wildman–Crippen MR) is 154 cm³/mol. The van der Waals surface area contributed by atoms with Gasteiger partial charge in [0.25, 0.3) is 0 Å². The molecule has 0 spiro atoms. The van der Waals surface area contributed by atoms with Crippen LogP contribution in [0.2, 0.25) is 0 Å². The van der Waals surface area contributed by atoms with Crippen molar-refractivity contribution in [2.75, 3.05) is 41.0 Å². The summed E-state index contributed by atoms with van der Waals surface area (Å²) < 4.78 is 31.1. The van der Waals surface area contributed by atoms with Crippen LogP contribution in [0.25, 0.3) is 16.9 Å². The third-order valence-corrected chi connectivity index (χ3v) is 6.04. The number of rotatable bonds is 10. The number of aliphatic hydroxyl groups is 1. The van der Waals surface area contributed by atoms with E-state index in [-0.39, 0.29) is 25.5 Å². The number of aliphatic hydroxyl groups excluding tert-OH is 1. The molecule has 3 aromatic rings. The van der Waals surface area contributed by atoms with E-state index in [2.05, 4.69) is 9.72 Å². The van der Waals surface area contributed by atoms with E-state index in [0.717, 1.165) is 28.9 Å². The number of pyridine rings is 1. The van der Waals surface area contributed by atoms with Gasteiger partial charge in [-0.05, 0) is 62.6 Å². The first-order valence-corrected chi connectivity index (χ1v) is 13.4. The van der Waals surface area contributed by atoms with Gasteiger partial charge in [0.2, 0.25) is 0 Å². The summed E-state index contributed by atoms with van der Waals surface area (Å²) in [6.07, 6.45) is 2.11. The number of imidazole rings is 1. The van der Waals surface area contributed by atoms with Crippen LogP contribution in [0, 0.1) is 26.6 Å². The summed E-state index contributed by atoms with van der Waals surface area (Å²) in [4.78, 5) is 29.1. The van der Waals surface area contributed by atoms with Crippen LogP contribution in [0.15, 0.2) is 30.5 Å². The van der Waals surface area contributed by atoms with E-state index in [4.69, 9.17) is 14.6 Å². The van der Waals surface area contributed by atoms with Crippen molar-refractivity contribution in [3.8, 4) is 11.3 Å². The Kier molecular flexibility index (Phi) is 15.1. The Morgan fingerprint density at radius 3 is 2.27 bits per heavy atom. The number of ketones is 1. The summed E-state index contributed by atoms with van der Waals surface area (Å²) in [6.45, 7) is 12.0. The summed E-state index contributed by atoms with van der Waals surface area (Å²) in [6, 6.07) is 7.09. The fourth-order valence-electron chi connectivity index (χ4n) is 4.01. The van der Waals surface area contributed by atoms with E-state index in [1.165, 1.54) is 32.3 Å². The summed E-state index contributed by atoms with van der Waals surface area (Å²) in [5.41, 5.74) is 5.07. The van der Waals surface area contributed by atoms with E-state index < -0.39 is 18.2 Å². The zero-order valence-corrected chi connectivity index (χ0v) is 25.2. The van der Waals surface area contributed by atoms with Crippen molar-refractivity contribution in [1.29, 1.82) is 0 Å². The SMILES string of the molecule is CC.CCCC(=O)c1cc(C)c(-c2nc3cc(C)ccn3c2C)c(F)c1.COC(=O)N(CCO)CC(OC)OC. The molecule has 0 radical (unpaired) electrons. The number of halogens is 1. The van der Waals surface area contributed by atoms with Gasteiger partial charge in [0.1, 0.15) is 11.5 Å².